The molecule has 4 heterocycles. The number of aromatic nitrogens is 3. The van der Waals surface area contributed by atoms with Crippen molar-refractivity contribution < 1.29 is 14.1 Å². The molecule has 144 valence electrons. The number of fused-ring (bicyclic) bond motifs is 1. The molecule has 1 fully saturated rings. The third kappa shape index (κ3) is 3.72. The Morgan fingerprint density at radius 3 is 2.96 bits per heavy atom. The zero-order valence-corrected chi connectivity index (χ0v) is 15.6. The highest BCUT2D eigenvalue weighted by atomic mass is 16.5. The smallest absolute Gasteiger partial charge is 0.236 e. The first-order chi connectivity index (χ1) is 13.2. The van der Waals surface area contributed by atoms with Gasteiger partial charge >= 0.3 is 0 Å². The third-order valence-electron chi connectivity index (χ3n) is 5.48. The van der Waals surface area contributed by atoms with Crippen LogP contribution in [0.15, 0.2) is 10.7 Å². The summed E-state index contributed by atoms with van der Waals surface area (Å²) in [6.45, 7) is 4.77. The third-order valence-corrected chi connectivity index (χ3v) is 5.48. The van der Waals surface area contributed by atoms with Crippen molar-refractivity contribution >= 4 is 5.91 Å². The molecule has 0 atom stereocenters. The van der Waals surface area contributed by atoms with Crippen LogP contribution in [0.1, 0.15) is 35.6 Å². The molecule has 2 N–H and O–H groups in total. The Hall–Kier alpha value is -2.32. The van der Waals surface area contributed by atoms with Gasteiger partial charge in [0.1, 0.15) is 0 Å². The van der Waals surface area contributed by atoms with Gasteiger partial charge in [-0.25, -0.2) is 0 Å². The van der Waals surface area contributed by atoms with E-state index < -0.39 is 0 Å². The van der Waals surface area contributed by atoms with Crippen molar-refractivity contribution in [2.24, 2.45) is 11.7 Å². The van der Waals surface area contributed by atoms with E-state index >= 15 is 0 Å². The number of aryl methyl sites for hydroxylation is 1. The summed E-state index contributed by atoms with van der Waals surface area (Å²) in [4.78, 5) is 22.9. The fourth-order valence-electron chi connectivity index (χ4n) is 3.92. The van der Waals surface area contributed by atoms with Crippen LogP contribution in [0.2, 0.25) is 0 Å². The first-order valence-corrected chi connectivity index (χ1v) is 9.51. The van der Waals surface area contributed by atoms with E-state index in [0.717, 1.165) is 61.3 Å². The van der Waals surface area contributed by atoms with E-state index in [1.807, 2.05) is 13.1 Å². The quantitative estimate of drug-likeness (QED) is 0.862. The zero-order valence-electron chi connectivity index (χ0n) is 15.6. The molecule has 0 bridgehead atoms. The van der Waals surface area contributed by atoms with Gasteiger partial charge in [0.05, 0.1) is 6.54 Å². The summed E-state index contributed by atoms with van der Waals surface area (Å²) >= 11 is 0. The van der Waals surface area contributed by atoms with Gasteiger partial charge in [-0.3, -0.25) is 9.78 Å². The monoisotopic (exact) mass is 371 g/mol. The van der Waals surface area contributed by atoms with Crippen molar-refractivity contribution in [1.82, 2.24) is 20.0 Å². The first-order valence-electron chi connectivity index (χ1n) is 9.51. The standard InChI is InChI=1S/C19H25N5O3/c1-12-18(15-2-5-24(17(25)9-20)11-14(15)10-21-12)19-22-16(27-23-19)8-13-3-6-26-7-4-13/h10,13H,2-9,11,20H2,1H3. The number of nitrogens with two attached hydrogens (primary N) is 1. The highest BCUT2D eigenvalue weighted by Crippen LogP contribution is 2.31. The number of hydrogen-bond donors (Lipinski definition) is 1. The van der Waals surface area contributed by atoms with Gasteiger partial charge in [0.25, 0.3) is 0 Å². The number of rotatable bonds is 4. The van der Waals surface area contributed by atoms with E-state index in [0.29, 0.717) is 30.7 Å². The Morgan fingerprint density at radius 2 is 2.19 bits per heavy atom. The average molecular weight is 371 g/mol. The Bertz CT molecular complexity index is 829. The van der Waals surface area contributed by atoms with Crippen LogP contribution < -0.4 is 5.73 Å². The molecule has 0 aromatic carbocycles. The number of ether oxygens (including phenoxy) is 1. The van der Waals surface area contributed by atoms with Crippen LogP contribution in [0.3, 0.4) is 0 Å². The highest BCUT2D eigenvalue weighted by Gasteiger charge is 2.26. The van der Waals surface area contributed by atoms with Gasteiger partial charge in [0, 0.05) is 50.2 Å². The zero-order chi connectivity index (χ0) is 18.8. The Morgan fingerprint density at radius 1 is 1.37 bits per heavy atom. The summed E-state index contributed by atoms with van der Waals surface area (Å²) < 4.78 is 10.9. The van der Waals surface area contributed by atoms with E-state index in [9.17, 15) is 4.79 Å². The Kier molecular flexibility index (Phi) is 5.18. The molecule has 0 aliphatic carbocycles. The fourth-order valence-corrected chi connectivity index (χ4v) is 3.92. The van der Waals surface area contributed by atoms with Crippen LogP contribution in [-0.2, 0) is 28.9 Å². The van der Waals surface area contributed by atoms with Crippen LogP contribution in [-0.4, -0.2) is 52.2 Å². The molecule has 27 heavy (non-hydrogen) atoms. The molecule has 4 rings (SSSR count). The second-order valence-corrected chi connectivity index (χ2v) is 7.26. The van der Waals surface area contributed by atoms with Crippen molar-refractivity contribution in [3.63, 3.8) is 0 Å². The minimum absolute atomic E-state index is 0.0297. The maximum absolute atomic E-state index is 11.9. The van der Waals surface area contributed by atoms with Crippen molar-refractivity contribution in [1.29, 1.82) is 0 Å². The second kappa shape index (κ2) is 7.74. The summed E-state index contributed by atoms with van der Waals surface area (Å²) in [5, 5.41) is 4.23. The summed E-state index contributed by atoms with van der Waals surface area (Å²) in [5.41, 5.74) is 9.50. The van der Waals surface area contributed by atoms with E-state index in [4.69, 9.17) is 15.0 Å². The molecule has 8 heteroatoms. The van der Waals surface area contributed by atoms with Gasteiger partial charge < -0.3 is 19.9 Å². The number of carbonyl (C=O) groups is 1. The minimum atomic E-state index is -0.0407. The lowest BCUT2D eigenvalue weighted by Crippen LogP contribution is -2.39. The molecule has 0 saturated carbocycles. The molecular weight excluding hydrogens is 346 g/mol. The Labute approximate surface area is 158 Å². The van der Waals surface area contributed by atoms with Crippen LogP contribution >= 0.6 is 0 Å². The topological polar surface area (TPSA) is 107 Å². The molecule has 0 spiro atoms. The lowest BCUT2D eigenvalue weighted by molar-refractivity contribution is -0.130. The van der Waals surface area contributed by atoms with E-state index in [1.54, 1.807) is 4.90 Å². The van der Waals surface area contributed by atoms with Crippen molar-refractivity contribution in [3.05, 3.63) is 28.9 Å². The minimum Gasteiger partial charge on any atom is -0.381 e. The van der Waals surface area contributed by atoms with Crippen molar-refractivity contribution in [2.75, 3.05) is 26.3 Å². The van der Waals surface area contributed by atoms with E-state index in [1.165, 1.54) is 0 Å². The fraction of sp³-hybridized carbons (Fsp3) is 0.579. The summed E-state index contributed by atoms with van der Waals surface area (Å²) in [7, 11) is 0. The van der Waals surface area contributed by atoms with Crippen LogP contribution in [0.25, 0.3) is 11.4 Å². The molecule has 2 aromatic rings. The molecule has 2 aliphatic rings. The number of nitrogens with zero attached hydrogens (tertiary/aromatic N) is 4. The maximum atomic E-state index is 11.9. The van der Waals surface area contributed by atoms with Gasteiger partial charge in [-0.15, -0.1) is 0 Å². The average Bonchev–Trinajstić information content (AvgIpc) is 3.15. The second-order valence-electron chi connectivity index (χ2n) is 7.26. The number of pyridine rings is 1. The molecular formula is C19H25N5O3. The summed E-state index contributed by atoms with van der Waals surface area (Å²) in [5.74, 6) is 1.76. The predicted octanol–water partition coefficient (Wildman–Crippen LogP) is 1.25. The van der Waals surface area contributed by atoms with Crippen molar-refractivity contribution in [2.45, 2.75) is 39.2 Å². The highest BCUT2D eigenvalue weighted by molar-refractivity contribution is 5.78. The lowest BCUT2D eigenvalue weighted by atomic mass is 9.94. The van der Waals surface area contributed by atoms with Gasteiger partial charge in [-0.05, 0) is 43.2 Å². The molecule has 1 amide bonds. The van der Waals surface area contributed by atoms with Crippen molar-refractivity contribution in [3.8, 4) is 11.4 Å². The molecule has 0 unspecified atom stereocenters. The number of amides is 1. The molecule has 8 nitrogen and oxygen atoms in total. The van der Waals surface area contributed by atoms with Gasteiger partial charge in [0.15, 0.2) is 0 Å². The predicted molar refractivity (Wildman–Crippen MR) is 97.7 cm³/mol. The number of carbonyl (C=O) groups excluding carboxylic acids is 1. The van der Waals surface area contributed by atoms with E-state index in [-0.39, 0.29) is 12.5 Å². The maximum Gasteiger partial charge on any atom is 0.236 e. The van der Waals surface area contributed by atoms with E-state index in [2.05, 4.69) is 15.1 Å². The SMILES string of the molecule is Cc1ncc2c(c1-c1noc(CC3CCOCC3)n1)CCN(C(=O)CN)C2. The summed E-state index contributed by atoms with van der Waals surface area (Å²) in [6, 6.07) is 0. The van der Waals surface area contributed by atoms with Gasteiger partial charge in [-0.1, -0.05) is 5.16 Å². The molecule has 1 saturated heterocycles. The molecule has 2 aromatic heterocycles. The van der Waals surface area contributed by atoms with Gasteiger partial charge in [-0.2, -0.15) is 4.98 Å². The number of hydrogen-bond acceptors (Lipinski definition) is 7. The molecule has 0 radical (unpaired) electrons. The first kappa shape index (κ1) is 18.1. The van der Waals surface area contributed by atoms with Crippen LogP contribution in [0, 0.1) is 12.8 Å². The summed E-state index contributed by atoms with van der Waals surface area (Å²) in [6.07, 6.45) is 5.43. The normalized spacial score (nSPS) is 17.8. The Balaban J connectivity index is 1.58. The van der Waals surface area contributed by atoms with Gasteiger partial charge in [0.2, 0.25) is 17.6 Å². The van der Waals surface area contributed by atoms with Crippen LogP contribution in [0.5, 0.6) is 0 Å². The van der Waals surface area contributed by atoms with Crippen LogP contribution in [0.4, 0.5) is 0 Å². The largest absolute Gasteiger partial charge is 0.381 e. The molecule has 2 aliphatic heterocycles. The lowest BCUT2D eigenvalue weighted by Gasteiger charge is -2.29.